The average Bonchev–Trinajstić information content (AvgIpc) is 2.68. The molecule has 1 aliphatic rings. The molecule has 1 unspecified atom stereocenters. The Morgan fingerprint density at radius 1 is 1.30 bits per heavy atom. The molecule has 1 heterocycles. The first-order valence-electron chi connectivity index (χ1n) is 9.39. The maximum Gasteiger partial charge on any atom is 0.119 e. The number of nitrogens with one attached hydrogen (secondary N) is 2. The standard InChI is InChI=1S/C21H28N4O2/c22-13-17-12-18(6-7-21(17)23)24-19-4-2-8-25(15-19)14-16-3-1-5-20(11-16)27-10-9-26/h1,3,5-7,11-13,19,22,24,26H,2,4,8-10,14-15,23H2. The lowest BCUT2D eigenvalue weighted by Gasteiger charge is -2.33. The van der Waals surface area contributed by atoms with Gasteiger partial charge in [0, 0.05) is 42.3 Å². The van der Waals surface area contributed by atoms with Crippen LogP contribution in [0, 0.1) is 5.41 Å². The molecule has 0 aromatic heterocycles. The Hall–Kier alpha value is -2.57. The van der Waals surface area contributed by atoms with Gasteiger partial charge in [-0.3, -0.25) is 4.90 Å². The first-order valence-corrected chi connectivity index (χ1v) is 9.39. The number of nitrogens with two attached hydrogens (primary N) is 1. The van der Waals surface area contributed by atoms with E-state index in [9.17, 15) is 0 Å². The molecule has 0 bridgehead atoms. The van der Waals surface area contributed by atoms with Gasteiger partial charge < -0.3 is 26.3 Å². The number of aliphatic hydroxyl groups excluding tert-OH is 1. The molecule has 27 heavy (non-hydrogen) atoms. The summed E-state index contributed by atoms with van der Waals surface area (Å²) >= 11 is 0. The van der Waals surface area contributed by atoms with Gasteiger partial charge in [0.15, 0.2) is 0 Å². The van der Waals surface area contributed by atoms with Crippen LogP contribution in [-0.2, 0) is 6.54 Å². The van der Waals surface area contributed by atoms with Crippen LogP contribution in [0.5, 0.6) is 5.75 Å². The topological polar surface area (TPSA) is 94.6 Å². The summed E-state index contributed by atoms with van der Waals surface area (Å²) in [6.45, 7) is 3.26. The van der Waals surface area contributed by atoms with E-state index in [0.717, 1.165) is 49.5 Å². The first-order chi connectivity index (χ1) is 13.2. The quantitative estimate of drug-likeness (QED) is 0.425. The highest BCUT2D eigenvalue weighted by atomic mass is 16.5. The number of benzene rings is 2. The Morgan fingerprint density at radius 2 is 2.19 bits per heavy atom. The molecule has 0 amide bonds. The number of hydrogen-bond donors (Lipinski definition) is 4. The van der Waals surface area contributed by atoms with Crippen molar-refractivity contribution in [3.05, 3.63) is 53.6 Å². The first kappa shape index (κ1) is 19.2. The SMILES string of the molecule is N=Cc1cc(NC2CCCN(Cc3cccc(OCCO)c3)C2)ccc1N. The molecular weight excluding hydrogens is 340 g/mol. The molecule has 0 radical (unpaired) electrons. The predicted molar refractivity (Wildman–Crippen MR) is 110 cm³/mol. The summed E-state index contributed by atoms with van der Waals surface area (Å²) in [5.74, 6) is 0.800. The zero-order valence-corrected chi connectivity index (χ0v) is 15.5. The Kier molecular flexibility index (Phi) is 6.68. The Morgan fingerprint density at radius 3 is 3.00 bits per heavy atom. The van der Waals surface area contributed by atoms with Crippen LogP contribution in [-0.4, -0.2) is 48.6 Å². The van der Waals surface area contributed by atoms with E-state index in [2.05, 4.69) is 16.3 Å². The third-order valence-electron chi connectivity index (χ3n) is 4.78. The van der Waals surface area contributed by atoms with Gasteiger partial charge in [0.25, 0.3) is 0 Å². The number of aliphatic hydroxyl groups is 1. The third-order valence-corrected chi connectivity index (χ3v) is 4.78. The van der Waals surface area contributed by atoms with E-state index in [1.807, 2.05) is 36.4 Å². The maximum atomic E-state index is 8.90. The van der Waals surface area contributed by atoms with Crippen LogP contribution in [0.2, 0.25) is 0 Å². The lowest BCUT2D eigenvalue weighted by molar-refractivity contribution is 0.199. The van der Waals surface area contributed by atoms with Crippen molar-refractivity contribution in [1.29, 1.82) is 5.41 Å². The lowest BCUT2D eigenvalue weighted by Crippen LogP contribution is -2.41. The van der Waals surface area contributed by atoms with Crippen LogP contribution >= 0.6 is 0 Å². The zero-order chi connectivity index (χ0) is 19.1. The van der Waals surface area contributed by atoms with Crippen molar-refractivity contribution in [2.75, 3.05) is 37.4 Å². The highest BCUT2D eigenvalue weighted by Gasteiger charge is 2.20. The highest BCUT2D eigenvalue weighted by molar-refractivity contribution is 5.86. The molecule has 1 atom stereocenters. The summed E-state index contributed by atoms with van der Waals surface area (Å²) in [4.78, 5) is 2.45. The van der Waals surface area contributed by atoms with Crippen molar-refractivity contribution < 1.29 is 9.84 Å². The monoisotopic (exact) mass is 368 g/mol. The Balaban J connectivity index is 1.58. The van der Waals surface area contributed by atoms with Gasteiger partial charge in [0.1, 0.15) is 12.4 Å². The average molecular weight is 368 g/mol. The minimum atomic E-state index is 0.0224. The molecular formula is C21H28N4O2. The fraction of sp³-hybridized carbons (Fsp3) is 0.381. The molecule has 144 valence electrons. The van der Waals surface area contributed by atoms with Crippen LogP contribution in [0.3, 0.4) is 0 Å². The number of anilines is 2. The molecule has 1 saturated heterocycles. The van der Waals surface area contributed by atoms with Crippen LogP contribution in [0.1, 0.15) is 24.0 Å². The van der Waals surface area contributed by atoms with Crippen LogP contribution in [0.4, 0.5) is 11.4 Å². The number of nitrogen functional groups attached to an aromatic ring is 1. The van der Waals surface area contributed by atoms with E-state index < -0.39 is 0 Å². The van der Waals surface area contributed by atoms with Crippen molar-refractivity contribution in [3.8, 4) is 5.75 Å². The zero-order valence-electron chi connectivity index (χ0n) is 15.5. The molecule has 1 aliphatic heterocycles. The van der Waals surface area contributed by atoms with Crippen LogP contribution in [0.25, 0.3) is 0 Å². The molecule has 0 spiro atoms. The molecule has 6 nitrogen and oxygen atoms in total. The summed E-state index contributed by atoms with van der Waals surface area (Å²) in [6.07, 6.45) is 3.56. The second-order valence-electron chi connectivity index (χ2n) is 6.93. The smallest absolute Gasteiger partial charge is 0.119 e. The predicted octanol–water partition coefficient (Wildman–Crippen LogP) is 2.71. The Bertz CT molecular complexity index is 766. The maximum absolute atomic E-state index is 8.90. The number of ether oxygens (including phenoxy) is 1. The van der Waals surface area contributed by atoms with Crippen molar-refractivity contribution in [1.82, 2.24) is 4.90 Å². The summed E-state index contributed by atoms with van der Waals surface area (Å²) in [5, 5.41) is 19.9. The number of nitrogens with zero attached hydrogens (tertiary/aromatic N) is 1. The fourth-order valence-electron chi connectivity index (χ4n) is 3.50. The molecule has 2 aromatic carbocycles. The van der Waals surface area contributed by atoms with E-state index in [-0.39, 0.29) is 6.61 Å². The van der Waals surface area contributed by atoms with Gasteiger partial charge in [-0.1, -0.05) is 12.1 Å². The third kappa shape index (κ3) is 5.45. The van der Waals surface area contributed by atoms with E-state index >= 15 is 0 Å². The highest BCUT2D eigenvalue weighted by Crippen LogP contribution is 2.22. The van der Waals surface area contributed by atoms with Crippen molar-refractivity contribution in [3.63, 3.8) is 0 Å². The summed E-state index contributed by atoms with van der Waals surface area (Å²) in [5.41, 5.74) is 9.47. The number of hydrogen-bond acceptors (Lipinski definition) is 6. The normalized spacial score (nSPS) is 17.4. The molecule has 1 fully saturated rings. The molecule has 6 heteroatoms. The molecule has 5 N–H and O–H groups in total. The number of likely N-dealkylation sites (tertiary alicyclic amines) is 1. The van der Waals surface area contributed by atoms with Crippen LogP contribution in [0.15, 0.2) is 42.5 Å². The Labute approximate surface area is 160 Å². The lowest BCUT2D eigenvalue weighted by atomic mass is 10.0. The molecule has 2 aromatic rings. The van der Waals surface area contributed by atoms with Gasteiger partial charge in [-0.15, -0.1) is 0 Å². The van der Waals surface area contributed by atoms with Gasteiger partial charge in [-0.2, -0.15) is 0 Å². The minimum absolute atomic E-state index is 0.0224. The van der Waals surface area contributed by atoms with Gasteiger partial charge >= 0.3 is 0 Å². The molecule has 0 saturated carbocycles. The van der Waals surface area contributed by atoms with E-state index in [4.69, 9.17) is 21.0 Å². The second-order valence-corrected chi connectivity index (χ2v) is 6.93. The van der Waals surface area contributed by atoms with E-state index in [1.165, 1.54) is 11.8 Å². The van der Waals surface area contributed by atoms with Gasteiger partial charge in [-0.05, 0) is 55.3 Å². The van der Waals surface area contributed by atoms with Crippen molar-refractivity contribution >= 4 is 17.6 Å². The molecule has 0 aliphatic carbocycles. The second kappa shape index (κ2) is 9.39. The van der Waals surface area contributed by atoms with Gasteiger partial charge in [0.2, 0.25) is 0 Å². The number of rotatable bonds is 8. The summed E-state index contributed by atoms with van der Waals surface area (Å²) in [7, 11) is 0. The van der Waals surface area contributed by atoms with Crippen molar-refractivity contribution in [2.45, 2.75) is 25.4 Å². The largest absolute Gasteiger partial charge is 0.491 e. The van der Waals surface area contributed by atoms with Crippen LogP contribution < -0.4 is 15.8 Å². The number of piperidine rings is 1. The molecule has 3 rings (SSSR count). The summed E-state index contributed by atoms with van der Waals surface area (Å²) in [6, 6.07) is 14.2. The van der Waals surface area contributed by atoms with Gasteiger partial charge in [0.05, 0.1) is 6.61 Å². The summed E-state index contributed by atoms with van der Waals surface area (Å²) < 4.78 is 5.51. The van der Waals surface area contributed by atoms with E-state index in [0.29, 0.717) is 18.3 Å². The van der Waals surface area contributed by atoms with Gasteiger partial charge in [-0.25, -0.2) is 0 Å². The minimum Gasteiger partial charge on any atom is -0.491 e. The van der Waals surface area contributed by atoms with E-state index in [1.54, 1.807) is 0 Å². The van der Waals surface area contributed by atoms with Crippen molar-refractivity contribution in [2.24, 2.45) is 0 Å². The fourth-order valence-corrected chi connectivity index (χ4v) is 3.50.